The third-order valence-electron chi connectivity index (χ3n) is 2.82. The van der Waals surface area contributed by atoms with Crippen LogP contribution in [0.25, 0.3) is 0 Å². The minimum atomic E-state index is -0.558. The number of halogens is 1. The molecule has 0 fully saturated rings. The van der Waals surface area contributed by atoms with Crippen LogP contribution in [0.5, 0.6) is 11.5 Å². The molecule has 0 aromatic heterocycles. The highest BCUT2D eigenvalue weighted by Gasteiger charge is 2.25. The van der Waals surface area contributed by atoms with Crippen molar-refractivity contribution < 1.29 is 19.0 Å². The van der Waals surface area contributed by atoms with Crippen molar-refractivity contribution in [3.05, 3.63) is 22.7 Å². The Morgan fingerprint density at radius 3 is 3.00 bits per heavy atom. The van der Waals surface area contributed by atoms with Gasteiger partial charge in [0.2, 0.25) is 6.79 Å². The Morgan fingerprint density at radius 2 is 2.32 bits per heavy atom. The summed E-state index contributed by atoms with van der Waals surface area (Å²) in [4.78, 5) is 11.8. The lowest BCUT2D eigenvalue weighted by molar-refractivity contribution is -0.143. The van der Waals surface area contributed by atoms with Gasteiger partial charge in [-0.15, -0.1) is 0 Å². The maximum Gasteiger partial charge on any atom is 0.327 e. The lowest BCUT2D eigenvalue weighted by atomic mass is 10.1. The van der Waals surface area contributed by atoms with Crippen LogP contribution < -0.4 is 14.8 Å². The number of fused-ring (bicyclic) bond motifs is 1. The van der Waals surface area contributed by atoms with Gasteiger partial charge in [0.1, 0.15) is 6.04 Å². The van der Waals surface area contributed by atoms with Crippen LogP contribution in [0.1, 0.15) is 24.9 Å². The Bertz CT molecular complexity index is 478. The predicted molar refractivity (Wildman–Crippen MR) is 70.6 cm³/mol. The number of methoxy groups -OCH3 is 1. The summed E-state index contributed by atoms with van der Waals surface area (Å²) in [6.07, 6.45) is 0.909. The first-order valence-electron chi connectivity index (χ1n) is 6.07. The summed E-state index contributed by atoms with van der Waals surface area (Å²) in [5.41, 5.74) is 0.703. The third-order valence-corrected chi connectivity index (χ3v) is 3.10. The molecular weight excluding hydrogens is 270 g/mol. The largest absolute Gasteiger partial charge is 0.468 e. The summed E-state index contributed by atoms with van der Waals surface area (Å²) in [7, 11) is 1.36. The summed E-state index contributed by atoms with van der Waals surface area (Å²) in [6.45, 7) is 2.86. The molecule has 5 nitrogen and oxygen atoms in total. The summed E-state index contributed by atoms with van der Waals surface area (Å²) in [5.74, 6) is 0.711. The summed E-state index contributed by atoms with van der Waals surface area (Å²) in [5, 5.41) is 3.55. The molecule has 1 aliphatic rings. The van der Waals surface area contributed by atoms with E-state index >= 15 is 0 Å². The second kappa shape index (κ2) is 6.12. The van der Waals surface area contributed by atoms with E-state index < -0.39 is 6.04 Å². The Labute approximate surface area is 116 Å². The van der Waals surface area contributed by atoms with E-state index in [4.69, 9.17) is 25.8 Å². The number of rotatable bonds is 5. The molecule has 1 aromatic rings. The fourth-order valence-electron chi connectivity index (χ4n) is 1.90. The second-order valence-electron chi connectivity index (χ2n) is 4.15. The van der Waals surface area contributed by atoms with Gasteiger partial charge in [0, 0.05) is 0 Å². The monoisotopic (exact) mass is 285 g/mol. The fraction of sp³-hybridized carbons (Fsp3) is 0.462. The Hall–Kier alpha value is -1.46. The van der Waals surface area contributed by atoms with Gasteiger partial charge >= 0.3 is 5.97 Å². The molecule has 1 heterocycles. The average molecular weight is 286 g/mol. The van der Waals surface area contributed by atoms with E-state index in [0.29, 0.717) is 28.6 Å². The van der Waals surface area contributed by atoms with Gasteiger partial charge in [-0.3, -0.25) is 0 Å². The minimum Gasteiger partial charge on any atom is -0.468 e. The van der Waals surface area contributed by atoms with Crippen molar-refractivity contribution in [2.24, 2.45) is 0 Å². The molecule has 1 aromatic carbocycles. The quantitative estimate of drug-likeness (QED) is 0.841. The molecule has 1 aliphatic heterocycles. The first-order chi connectivity index (χ1) is 9.17. The first kappa shape index (κ1) is 14.0. The maximum atomic E-state index is 11.8. The molecule has 104 valence electrons. The summed E-state index contributed by atoms with van der Waals surface area (Å²) < 4.78 is 15.3. The van der Waals surface area contributed by atoms with Crippen molar-refractivity contribution >= 4 is 17.6 Å². The van der Waals surface area contributed by atoms with E-state index in [1.54, 1.807) is 12.1 Å². The van der Waals surface area contributed by atoms with E-state index in [1.165, 1.54) is 7.11 Å². The number of hydrogen-bond acceptors (Lipinski definition) is 5. The molecule has 1 unspecified atom stereocenters. The SMILES string of the molecule is CCCNC(C(=O)OC)c1cc(Cl)c2c(c1)OCO2. The zero-order valence-corrected chi connectivity index (χ0v) is 11.6. The van der Waals surface area contributed by atoms with Crippen LogP contribution in [-0.4, -0.2) is 26.4 Å². The molecule has 0 bridgehead atoms. The lowest BCUT2D eigenvalue weighted by Gasteiger charge is -2.17. The van der Waals surface area contributed by atoms with Crippen molar-refractivity contribution in [3.63, 3.8) is 0 Å². The van der Waals surface area contributed by atoms with Gasteiger partial charge in [-0.25, -0.2) is 4.79 Å². The normalized spacial score (nSPS) is 14.3. The molecule has 0 saturated heterocycles. The zero-order valence-electron chi connectivity index (χ0n) is 10.9. The van der Waals surface area contributed by atoms with Crippen LogP contribution in [0, 0.1) is 0 Å². The number of nitrogens with one attached hydrogen (secondary N) is 1. The van der Waals surface area contributed by atoms with Gasteiger partial charge in [0.05, 0.1) is 12.1 Å². The van der Waals surface area contributed by atoms with Crippen LogP contribution in [0.2, 0.25) is 5.02 Å². The number of esters is 1. The molecule has 0 aliphatic carbocycles. The van der Waals surface area contributed by atoms with E-state index in [9.17, 15) is 4.79 Å². The number of carbonyl (C=O) groups excluding carboxylic acids is 1. The second-order valence-corrected chi connectivity index (χ2v) is 4.55. The van der Waals surface area contributed by atoms with Crippen molar-refractivity contribution in [2.45, 2.75) is 19.4 Å². The number of hydrogen-bond donors (Lipinski definition) is 1. The molecule has 2 rings (SSSR count). The molecule has 1 N–H and O–H groups in total. The molecule has 0 saturated carbocycles. The van der Waals surface area contributed by atoms with Crippen molar-refractivity contribution in [2.75, 3.05) is 20.4 Å². The highest BCUT2D eigenvalue weighted by Crippen LogP contribution is 2.41. The Balaban J connectivity index is 2.31. The van der Waals surface area contributed by atoms with Crippen molar-refractivity contribution in [1.29, 1.82) is 0 Å². The lowest BCUT2D eigenvalue weighted by Crippen LogP contribution is -2.30. The number of benzene rings is 1. The van der Waals surface area contributed by atoms with Crippen LogP contribution in [0.15, 0.2) is 12.1 Å². The predicted octanol–water partition coefficient (Wildman–Crippen LogP) is 2.28. The number of carbonyl (C=O) groups is 1. The van der Waals surface area contributed by atoms with Crippen LogP contribution in [-0.2, 0) is 9.53 Å². The molecule has 19 heavy (non-hydrogen) atoms. The summed E-state index contributed by atoms with van der Waals surface area (Å²) in [6, 6.07) is 2.88. The molecule has 0 radical (unpaired) electrons. The van der Waals surface area contributed by atoms with Gasteiger partial charge in [-0.05, 0) is 30.7 Å². The molecule has 0 amide bonds. The van der Waals surface area contributed by atoms with E-state index in [-0.39, 0.29) is 12.8 Å². The fourth-order valence-corrected chi connectivity index (χ4v) is 2.17. The highest BCUT2D eigenvalue weighted by atomic mass is 35.5. The van der Waals surface area contributed by atoms with Crippen LogP contribution in [0.4, 0.5) is 0 Å². The van der Waals surface area contributed by atoms with E-state index in [0.717, 1.165) is 6.42 Å². The topological polar surface area (TPSA) is 56.8 Å². The highest BCUT2D eigenvalue weighted by molar-refractivity contribution is 6.32. The van der Waals surface area contributed by atoms with Crippen molar-refractivity contribution in [1.82, 2.24) is 5.32 Å². The molecule has 1 atom stereocenters. The van der Waals surface area contributed by atoms with Gasteiger partial charge in [-0.2, -0.15) is 0 Å². The Kier molecular flexibility index (Phi) is 4.50. The van der Waals surface area contributed by atoms with Gasteiger partial charge in [-0.1, -0.05) is 18.5 Å². The summed E-state index contributed by atoms with van der Waals surface area (Å²) >= 11 is 6.12. The zero-order chi connectivity index (χ0) is 13.8. The molecule has 6 heteroatoms. The Morgan fingerprint density at radius 1 is 1.53 bits per heavy atom. The van der Waals surface area contributed by atoms with E-state index in [1.807, 2.05) is 6.92 Å². The maximum absolute atomic E-state index is 11.8. The third kappa shape index (κ3) is 2.93. The van der Waals surface area contributed by atoms with Gasteiger partial charge in [0.25, 0.3) is 0 Å². The molecular formula is C13H16ClNO4. The van der Waals surface area contributed by atoms with E-state index in [2.05, 4.69) is 5.32 Å². The van der Waals surface area contributed by atoms with Crippen molar-refractivity contribution in [3.8, 4) is 11.5 Å². The molecule has 0 spiro atoms. The average Bonchev–Trinajstić information content (AvgIpc) is 2.87. The standard InChI is InChI=1S/C13H16ClNO4/c1-3-4-15-11(13(16)17-2)8-5-9(14)12-10(6-8)18-7-19-12/h5-6,11,15H,3-4,7H2,1-2H3. The first-order valence-corrected chi connectivity index (χ1v) is 6.45. The van der Waals surface area contributed by atoms with Gasteiger partial charge in [0.15, 0.2) is 11.5 Å². The van der Waals surface area contributed by atoms with Gasteiger partial charge < -0.3 is 19.5 Å². The minimum absolute atomic E-state index is 0.143. The van der Waals surface area contributed by atoms with Crippen LogP contribution in [0.3, 0.4) is 0 Å². The van der Waals surface area contributed by atoms with Crippen LogP contribution >= 0.6 is 11.6 Å². The number of ether oxygens (including phenoxy) is 3. The smallest absolute Gasteiger partial charge is 0.327 e.